The van der Waals surface area contributed by atoms with Crippen molar-refractivity contribution in [3.63, 3.8) is 0 Å². The maximum atomic E-state index is 9.83. The summed E-state index contributed by atoms with van der Waals surface area (Å²) in [5, 5.41) is 8.63. The fraction of sp³-hybridized carbons (Fsp3) is 0. The van der Waals surface area contributed by atoms with Crippen molar-refractivity contribution in [2.24, 2.45) is 0 Å². The van der Waals surface area contributed by atoms with Crippen LogP contribution in [0.4, 0.5) is 17.1 Å². The second-order valence-corrected chi connectivity index (χ2v) is 15.7. The summed E-state index contributed by atoms with van der Waals surface area (Å²) in [6, 6.07) is 71.2. The molecule has 12 rings (SSSR count). The van der Waals surface area contributed by atoms with Gasteiger partial charge in [0.2, 0.25) is 0 Å². The summed E-state index contributed by atoms with van der Waals surface area (Å²) < 4.78 is 45.5. The summed E-state index contributed by atoms with van der Waals surface area (Å²) in [6.07, 6.45) is 0. The zero-order valence-corrected chi connectivity index (χ0v) is 33.6. The third kappa shape index (κ3) is 6.12. The van der Waals surface area contributed by atoms with Gasteiger partial charge in [-0.15, -0.1) is 0 Å². The Morgan fingerprint density at radius 3 is 1.65 bits per heavy atom. The molecule has 0 atom stereocenters. The first kappa shape index (κ1) is 31.7. The lowest BCUT2D eigenvalue weighted by molar-refractivity contribution is 0.672. The van der Waals surface area contributed by atoms with Crippen molar-refractivity contribution < 1.29 is 9.90 Å². The van der Waals surface area contributed by atoms with E-state index in [2.05, 4.69) is 115 Å². The van der Waals surface area contributed by atoms with Gasteiger partial charge >= 0.3 is 0 Å². The number of rotatable bonds is 7. The monoisotopic (exact) mass is 793 g/mol. The molecule has 0 N–H and O–H groups in total. The van der Waals surface area contributed by atoms with Crippen LogP contribution >= 0.6 is 0 Å². The van der Waals surface area contributed by atoms with Crippen LogP contribution in [-0.2, 0) is 0 Å². The number of anilines is 3. The molecule has 0 unspecified atom stereocenters. The van der Waals surface area contributed by atoms with Gasteiger partial charge in [0.25, 0.3) is 0 Å². The molecular weight excluding hydrogens is 751 g/mol. The second-order valence-electron chi connectivity index (χ2n) is 15.7. The third-order valence-corrected chi connectivity index (χ3v) is 12.1. The lowest BCUT2D eigenvalue weighted by Gasteiger charge is -2.28. The summed E-state index contributed by atoms with van der Waals surface area (Å²) in [5.41, 5.74) is 9.92. The minimum atomic E-state index is -0.142. The van der Waals surface area contributed by atoms with E-state index in [1.54, 1.807) is 0 Å². The first-order chi connectivity index (χ1) is 32.4. The Morgan fingerprint density at radius 2 is 0.871 bits per heavy atom. The minimum Gasteiger partial charge on any atom is -0.455 e. The van der Waals surface area contributed by atoms with Gasteiger partial charge in [0, 0.05) is 33.1 Å². The van der Waals surface area contributed by atoms with Gasteiger partial charge in [0.1, 0.15) is 11.2 Å². The molecule has 11 aromatic carbocycles. The maximum Gasteiger partial charge on any atom is 0.143 e. The van der Waals surface area contributed by atoms with Gasteiger partial charge < -0.3 is 9.32 Å². The van der Waals surface area contributed by atoms with Crippen LogP contribution in [0, 0.1) is 0 Å². The number of furan rings is 1. The van der Waals surface area contributed by atoms with Crippen molar-refractivity contribution in [1.29, 1.82) is 0 Å². The van der Waals surface area contributed by atoms with Crippen molar-refractivity contribution in [2.75, 3.05) is 4.90 Å². The molecule has 1 aromatic heterocycles. The van der Waals surface area contributed by atoms with Crippen LogP contribution in [0.25, 0.3) is 98.8 Å². The van der Waals surface area contributed by atoms with Crippen LogP contribution in [0.5, 0.6) is 0 Å². The number of benzene rings is 11. The Hall–Kier alpha value is -8.20. The zero-order chi connectivity index (χ0) is 44.5. The molecule has 0 aliphatic carbocycles. The van der Waals surface area contributed by atoms with Gasteiger partial charge in [-0.3, -0.25) is 0 Å². The van der Waals surface area contributed by atoms with Crippen LogP contribution in [0.15, 0.2) is 241 Å². The van der Waals surface area contributed by atoms with Crippen molar-refractivity contribution >= 4 is 71.3 Å². The highest BCUT2D eigenvalue weighted by Gasteiger charge is 2.19. The average Bonchev–Trinajstić information content (AvgIpc) is 3.76. The largest absolute Gasteiger partial charge is 0.455 e. The molecule has 0 saturated carbocycles. The van der Waals surface area contributed by atoms with E-state index in [0.29, 0.717) is 16.9 Å². The lowest BCUT2D eigenvalue weighted by atomic mass is 9.95. The number of hydrogen-bond acceptors (Lipinski definition) is 2. The SMILES string of the molecule is [2H]c1c([2H])c(N(c2ccc(-c3cccc4ccccc34)cc2)c2ccccc2-c2ccc3ccc4c5ccccc5oc4c3c2)c([2H])c([2H])c1-c1cccc(-c2cccc3ccccc23)c1. The Bertz CT molecular complexity index is 3850. The average molecular weight is 794 g/mol. The standard InChI is InChI=1S/C60H39NO/c1-3-18-50-41(12-1)14-10-22-52(50)43-30-35-49(36-31-43)61(48-33-28-40(29-34-48)45-16-9-17-46(38-45)53-23-11-15-42-13-2-4-19-51(42)53)58-24-7-5-20-54(58)47-27-26-44-32-37-56-55-21-6-8-25-59(55)62-60(56)57(44)39-47/h1-39H/i28D,29D,33D,34D. The molecule has 0 amide bonds. The highest BCUT2D eigenvalue weighted by Crippen LogP contribution is 2.44. The zero-order valence-electron chi connectivity index (χ0n) is 37.6. The summed E-state index contributed by atoms with van der Waals surface area (Å²) >= 11 is 0. The lowest BCUT2D eigenvalue weighted by Crippen LogP contribution is -2.11. The van der Waals surface area contributed by atoms with Crippen LogP contribution < -0.4 is 4.90 Å². The number of hydrogen-bond donors (Lipinski definition) is 0. The highest BCUT2D eigenvalue weighted by atomic mass is 16.3. The first-order valence-corrected chi connectivity index (χ1v) is 20.9. The van der Waals surface area contributed by atoms with E-state index >= 15 is 0 Å². The number of para-hydroxylation sites is 2. The molecule has 0 bridgehead atoms. The van der Waals surface area contributed by atoms with E-state index in [-0.39, 0.29) is 35.4 Å². The van der Waals surface area contributed by atoms with Crippen molar-refractivity contribution in [1.82, 2.24) is 0 Å². The Balaban J connectivity index is 1.05. The maximum absolute atomic E-state index is 9.83. The van der Waals surface area contributed by atoms with Gasteiger partial charge in [-0.2, -0.15) is 0 Å². The van der Waals surface area contributed by atoms with E-state index in [1.165, 1.54) is 0 Å². The molecule has 1 heterocycles. The van der Waals surface area contributed by atoms with Gasteiger partial charge in [-0.05, 0) is 120 Å². The van der Waals surface area contributed by atoms with E-state index in [1.807, 2.05) is 102 Å². The second kappa shape index (κ2) is 14.8. The van der Waals surface area contributed by atoms with Crippen LogP contribution in [0.2, 0.25) is 0 Å². The van der Waals surface area contributed by atoms with Crippen LogP contribution in [-0.4, -0.2) is 0 Å². The summed E-state index contributed by atoms with van der Waals surface area (Å²) in [6.45, 7) is 0. The van der Waals surface area contributed by atoms with E-state index < -0.39 is 0 Å². The van der Waals surface area contributed by atoms with E-state index in [4.69, 9.17) is 4.42 Å². The Kier molecular flexibility index (Phi) is 7.57. The molecule has 62 heavy (non-hydrogen) atoms. The summed E-state index contributed by atoms with van der Waals surface area (Å²) in [7, 11) is 0. The van der Waals surface area contributed by atoms with Crippen molar-refractivity contribution in [2.45, 2.75) is 0 Å². The molecule has 0 saturated heterocycles. The quantitative estimate of drug-likeness (QED) is 0.160. The molecule has 0 radical (unpaired) electrons. The van der Waals surface area contributed by atoms with Crippen LogP contribution in [0.3, 0.4) is 0 Å². The van der Waals surface area contributed by atoms with E-state index in [9.17, 15) is 5.48 Å². The number of nitrogens with zero attached hydrogens (tertiary/aromatic N) is 1. The topological polar surface area (TPSA) is 16.4 Å². The molecule has 2 nitrogen and oxygen atoms in total. The first-order valence-electron chi connectivity index (χ1n) is 22.9. The third-order valence-electron chi connectivity index (χ3n) is 12.1. The Labute approximate surface area is 365 Å². The molecule has 0 aliphatic heterocycles. The highest BCUT2D eigenvalue weighted by molar-refractivity contribution is 6.15. The predicted molar refractivity (Wildman–Crippen MR) is 263 cm³/mol. The molecule has 0 spiro atoms. The molecule has 290 valence electrons. The fourth-order valence-electron chi connectivity index (χ4n) is 9.12. The van der Waals surface area contributed by atoms with Gasteiger partial charge in [0.15, 0.2) is 0 Å². The van der Waals surface area contributed by atoms with Gasteiger partial charge in [-0.25, -0.2) is 0 Å². The molecule has 0 fully saturated rings. The van der Waals surface area contributed by atoms with Gasteiger partial charge in [0.05, 0.1) is 11.2 Å². The fourth-order valence-corrected chi connectivity index (χ4v) is 9.12. The minimum absolute atomic E-state index is 0.117. The molecule has 0 aliphatic rings. The molecular formula is C60H39NO. The predicted octanol–water partition coefficient (Wildman–Crippen LogP) is 17.2. The Morgan fingerprint density at radius 1 is 0.323 bits per heavy atom. The molecule has 2 heteroatoms. The molecule has 12 aromatic rings. The summed E-state index contributed by atoms with van der Waals surface area (Å²) in [4.78, 5) is 1.89. The van der Waals surface area contributed by atoms with Gasteiger partial charge in [-0.1, -0.05) is 182 Å². The van der Waals surface area contributed by atoms with Crippen LogP contribution in [0.1, 0.15) is 5.48 Å². The smallest absolute Gasteiger partial charge is 0.143 e. The summed E-state index contributed by atoms with van der Waals surface area (Å²) in [5.74, 6) is 0. The van der Waals surface area contributed by atoms with Crippen molar-refractivity contribution in [3.05, 3.63) is 236 Å². The van der Waals surface area contributed by atoms with E-state index in [0.717, 1.165) is 87.6 Å². The van der Waals surface area contributed by atoms with Crippen molar-refractivity contribution in [3.8, 4) is 44.5 Å². The number of fused-ring (bicyclic) bond motifs is 7. The normalized spacial score (nSPS) is 12.5.